The molecule has 26 heavy (non-hydrogen) atoms. The first-order chi connectivity index (χ1) is 12.5. The number of benzene rings is 2. The van der Waals surface area contributed by atoms with Gasteiger partial charge in [0.1, 0.15) is 0 Å². The molecule has 2 aromatic rings. The number of non-ortho nitro benzene ring substituents is 1. The third-order valence-corrected chi connectivity index (χ3v) is 4.43. The highest BCUT2D eigenvalue weighted by Crippen LogP contribution is 2.22. The molecule has 7 nitrogen and oxygen atoms in total. The van der Waals surface area contributed by atoms with Crippen molar-refractivity contribution in [2.24, 2.45) is 0 Å². The summed E-state index contributed by atoms with van der Waals surface area (Å²) in [4.78, 5) is 34.1. The van der Waals surface area contributed by atoms with E-state index >= 15 is 0 Å². The fourth-order valence-corrected chi connectivity index (χ4v) is 3.06. The number of nitro benzene ring substituents is 1. The molecule has 0 spiro atoms. The van der Waals surface area contributed by atoms with Crippen LogP contribution in [0.3, 0.4) is 0 Å². The number of hydrogen-bond acceptors (Lipinski definition) is 4. The molecule has 1 aliphatic carbocycles. The lowest BCUT2D eigenvalue weighted by molar-refractivity contribution is -0.384. The van der Waals surface area contributed by atoms with E-state index in [2.05, 4.69) is 23.0 Å². The van der Waals surface area contributed by atoms with E-state index in [9.17, 15) is 19.7 Å². The number of rotatable bonds is 4. The molecule has 2 N–H and O–H groups in total. The highest BCUT2D eigenvalue weighted by Gasteiger charge is 2.13. The van der Waals surface area contributed by atoms with Gasteiger partial charge < -0.3 is 0 Å². The standard InChI is InChI=1S/C19H19N3O4/c23-18(12-13-5-6-14-3-1-2-4-16(14)11-13)20-21-19(24)15-7-9-17(10-8-15)22(25)26/h5-11H,1-4,12H2,(H,20,23)(H,21,24). The summed E-state index contributed by atoms with van der Waals surface area (Å²) in [6.07, 6.45) is 4.69. The Bertz CT molecular complexity index is 846. The lowest BCUT2D eigenvalue weighted by Crippen LogP contribution is -2.42. The van der Waals surface area contributed by atoms with Crippen molar-refractivity contribution in [3.63, 3.8) is 0 Å². The fraction of sp³-hybridized carbons (Fsp3) is 0.263. The van der Waals surface area contributed by atoms with Crippen molar-refractivity contribution in [2.45, 2.75) is 32.1 Å². The molecule has 0 bridgehead atoms. The zero-order valence-electron chi connectivity index (χ0n) is 14.2. The number of hydrazine groups is 1. The van der Waals surface area contributed by atoms with Crippen LogP contribution in [0.25, 0.3) is 0 Å². The Morgan fingerprint density at radius 1 is 0.962 bits per heavy atom. The first-order valence-corrected chi connectivity index (χ1v) is 8.47. The van der Waals surface area contributed by atoms with Crippen LogP contribution in [0.1, 0.15) is 39.9 Å². The molecule has 7 heteroatoms. The molecular formula is C19H19N3O4. The van der Waals surface area contributed by atoms with Crippen LogP contribution in [-0.4, -0.2) is 16.7 Å². The fourth-order valence-electron chi connectivity index (χ4n) is 3.06. The second kappa shape index (κ2) is 7.77. The topological polar surface area (TPSA) is 101 Å². The summed E-state index contributed by atoms with van der Waals surface area (Å²) in [6, 6.07) is 11.2. The van der Waals surface area contributed by atoms with Crippen LogP contribution in [-0.2, 0) is 24.1 Å². The number of hydrogen-bond donors (Lipinski definition) is 2. The Hall–Kier alpha value is -3.22. The number of aryl methyl sites for hydroxylation is 2. The largest absolute Gasteiger partial charge is 0.273 e. The zero-order valence-corrected chi connectivity index (χ0v) is 14.2. The first kappa shape index (κ1) is 17.6. The number of nitro groups is 1. The van der Waals surface area contributed by atoms with Gasteiger partial charge in [-0.1, -0.05) is 18.2 Å². The molecule has 0 fully saturated rings. The van der Waals surface area contributed by atoms with E-state index in [-0.39, 0.29) is 23.6 Å². The second-order valence-corrected chi connectivity index (χ2v) is 6.29. The van der Waals surface area contributed by atoms with Crippen LogP contribution < -0.4 is 10.9 Å². The van der Waals surface area contributed by atoms with E-state index in [1.54, 1.807) is 0 Å². The van der Waals surface area contributed by atoms with Crippen LogP contribution in [0, 0.1) is 10.1 Å². The van der Waals surface area contributed by atoms with Crippen molar-refractivity contribution in [2.75, 3.05) is 0 Å². The molecule has 3 rings (SSSR count). The third kappa shape index (κ3) is 4.24. The normalized spacial score (nSPS) is 12.8. The smallest absolute Gasteiger partial charge is 0.269 e. The summed E-state index contributed by atoms with van der Waals surface area (Å²) < 4.78 is 0. The summed E-state index contributed by atoms with van der Waals surface area (Å²) >= 11 is 0. The highest BCUT2D eigenvalue weighted by molar-refractivity contribution is 5.95. The van der Waals surface area contributed by atoms with Gasteiger partial charge in [0.05, 0.1) is 11.3 Å². The van der Waals surface area contributed by atoms with Gasteiger partial charge >= 0.3 is 0 Å². The summed E-state index contributed by atoms with van der Waals surface area (Å²) in [7, 11) is 0. The van der Waals surface area contributed by atoms with Crippen molar-refractivity contribution >= 4 is 17.5 Å². The number of nitrogens with zero attached hydrogens (tertiary/aromatic N) is 1. The van der Waals surface area contributed by atoms with Crippen molar-refractivity contribution in [3.8, 4) is 0 Å². The van der Waals surface area contributed by atoms with Gasteiger partial charge in [-0.3, -0.25) is 30.6 Å². The molecule has 0 saturated heterocycles. The molecule has 0 aliphatic heterocycles. The van der Waals surface area contributed by atoms with Crippen LogP contribution in [0.15, 0.2) is 42.5 Å². The van der Waals surface area contributed by atoms with E-state index in [0.29, 0.717) is 0 Å². The minimum Gasteiger partial charge on any atom is -0.273 e. The van der Waals surface area contributed by atoms with E-state index in [1.165, 1.54) is 48.2 Å². The highest BCUT2D eigenvalue weighted by atomic mass is 16.6. The van der Waals surface area contributed by atoms with Gasteiger partial charge in [0, 0.05) is 17.7 Å². The predicted molar refractivity (Wildman–Crippen MR) is 95.5 cm³/mol. The Balaban J connectivity index is 1.53. The quantitative estimate of drug-likeness (QED) is 0.651. The molecule has 0 radical (unpaired) electrons. The third-order valence-electron chi connectivity index (χ3n) is 4.43. The molecule has 2 amide bonds. The van der Waals surface area contributed by atoms with Gasteiger partial charge in [-0.15, -0.1) is 0 Å². The van der Waals surface area contributed by atoms with Gasteiger partial charge in [-0.25, -0.2) is 0 Å². The van der Waals surface area contributed by atoms with Crippen molar-refractivity contribution in [3.05, 3.63) is 74.8 Å². The molecule has 0 heterocycles. The van der Waals surface area contributed by atoms with Gasteiger partial charge in [0.25, 0.3) is 11.6 Å². The van der Waals surface area contributed by atoms with Gasteiger partial charge in [-0.2, -0.15) is 0 Å². The average Bonchev–Trinajstić information content (AvgIpc) is 2.66. The first-order valence-electron chi connectivity index (χ1n) is 8.47. The Morgan fingerprint density at radius 2 is 1.65 bits per heavy atom. The van der Waals surface area contributed by atoms with Crippen molar-refractivity contribution in [1.82, 2.24) is 10.9 Å². The Labute approximate surface area is 150 Å². The van der Waals surface area contributed by atoms with Gasteiger partial charge in [-0.05, 0) is 54.5 Å². The lowest BCUT2D eigenvalue weighted by Gasteiger charge is -2.16. The molecule has 2 aromatic carbocycles. The minimum absolute atomic E-state index is 0.0991. The monoisotopic (exact) mass is 353 g/mol. The predicted octanol–water partition coefficient (Wildman–Crippen LogP) is 2.48. The van der Waals surface area contributed by atoms with Crippen LogP contribution in [0.5, 0.6) is 0 Å². The summed E-state index contributed by atoms with van der Waals surface area (Å²) in [6.45, 7) is 0. The van der Waals surface area contributed by atoms with Crippen LogP contribution in [0.2, 0.25) is 0 Å². The SMILES string of the molecule is O=C(Cc1ccc2c(c1)CCCC2)NNC(=O)c1ccc([N+](=O)[O-])cc1. The van der Waals surface area contributed by atoms with Crippen molar-refractivity contribution < 1.29 is 14.5 Å². The molecular weight excluding hydrogens is 334 g/mol. The van der Waals surface area contributed by atoms with E-state index < -0.39 is 10.8 Å². The second-order valence-electron chi connectivity index (χ2n) is 6.29. The lowest BCUT2D eigenvalue weighted by atomic mass is 9.90. The maximum atomic E-state index is 12.0. The van der Waals surface area contributed by atoms with Crippen LogP contribution >= 0.6 is 0 Å². The maximum absolute atomic E-state index is 12.0. The minimum atomic E-state index is -0.540. The number of amides is 2. The maximum Gasteiger partial charge on any atom is 0.269 e. The molecule has 134 valence electrons. The van der Waals surface area contributed by atoms with Gasteiger partial charge in [0.15, 0.2) is 0 Å². The molecule has 0 saturated carbocycles. The summed E-state index contributed by atoms with van der Waals surface area (Å²) in [5, 5.41) is 10.6. The summed E-state index contributed by atoms with van der Waals surface area (Å²) in [5.41, 5.74) is 8.39. The summed E-state index contributed by atoms with van der Waals surface area (Å²) in [5.74, 6) is -0.852. The van der Waals surface area contributed by atoms with E-state index in [0.717, 1.165) is 18.4 Å². The van der Waals surface area contributed by atoms with E-state index in [4.69, 9.17) is 0 Å². The number of nitrogens with one attached hydrogen (secondary N) is 2. The number of fused-ring (bicyclic) bond motifs is 1. The molecule has 1 aliphatic rings. The van der Waals surface area contributed by atoms with Crippen LogP contribution in [0.4, 0.5) is 5.69 Å². The molecule has 0 unspecified atom stereocenters. The molecule has 0 atom stereocenters. The van der Waals surface area contributed by atoms with Crippen molar-refractivity contribution in [1.29, 1.82) is 0 Å². The number of carbonyl (C=O) groups is 2. The Kier molecular flexibility index (Phi) is 5.26. The van der Waals surface area contributed by atoms with E-state index in [1.807, 2.05) is 6.07 Å². The van der Waals surface area contributed by atoms with Gasteiger partial charge in [0.2, 0.25) is 5.91 Å². The number of carbonyl (C=O) groups excluding carboxylic acids is 2. The Morgan fingerprint density at radius 3 is 2.35 bits per heavy atom. The average molecular weight is 353 g/mol. The molecule has 0 aromatic heterocycles. The zero-order chi connectivity index (χ0) is 18.5.